The lowest BCUT2D eigenvalue weighted by molar-refractivity contribution is -0.125. The minimum atomic E-state index is -1.58. The Balaban J connectivity index is 1.78. The quantitative estimate of drug-likeness (QED) is 0.789. The van der Waals surface area contributed by atoms with Crippen LogP contribution >= 0.6 is 0 Å². The van der Waals surface area contributed by atoms with Crippen molar-refractivity contribution in [3.8, 4) is 6.07 Å². The summed E-state index contributed by atoms with van der Waals surface area (Å²) in [5.74, 6) is -0.235. The fraction of sp³-hybridized carbons (Fsp3) is 0.269. The molecule has 6 heteroatoms. The third kappa shape index (κ3) is 2.64. The van der Waals surface area contributed by atoms with E-state index in [-0.39, 0.29) is 40.6 Å². The van der Waals surface area contributed by atoms with Crippen LogP contribution in [0, 0.1) is 16.7 Å². The average molecular weight is 425 g/mol. The Morgan fingerprint density at radius 1 is 1.06 bits per heavy atom. The van der Waals surface area contributed by atoms with Gasteiger partial charge in [0.25, 0.3) is 0 Å². The van der Waals surface area contributed by atoms with E-state index in [1.54, 1.807) is 4.90 Å². The normalized spacial score (nSPS) is 23.7. The van der Waals surface area contributed by atoms with E-state index in [1.807, 2.05) is 68.4 Å². The number of ketones is 1. The number of carbonyl (C=O) groups is 2. The molecule has 2 aromatic carbocycles. The summed E-state index contributed by atoms with van der Waals surface area (Å²) in [5.41, 5.74) is 6.78. The number of allylic oxidation sites excluding steroid dienone is 1. The highest BCUT2D eigenvalue weighted by atomic mass is 16.5. The van der Waals surface area contributed by atoms with Gasteiger partial charge in [-0.2, -0.15) is 5.26 Å². The van der Waals surface area contributed by atoms with Crippen molar-refractivity contribution in [1.29, 1.82) is 5.26 Å². The van der Waals surface area contributed by atoms with Crippen molar-refractivity contribution >= 4 is 17.4 Å². The Kier molecular flexibility index (Phi) is 4.28. The molecule has 6 nitrogen and oxygen atoms in total. The zero-order chi connectivity index (χ0) is 22.7. The van der Waals surface area contributed by atoms with Crippen LogP contribution in [0.25, 0.3) is 0 Å². The van der Waals surface area contributed by atoms with E-state index in [0.29, 0.717) is 30.0 Å². The van der Waals surface area contributed by atoms with Crippen LogP contribution in [-0.4, -0.2) is 11.7 Å². The lowest BCUT2D eigenvalue weighted by atomic mass is 9.62. The number of nitrogens with two attached hydrogens (primary N) is 1. The molecule has 2 heterocycles. The van der Waals surface area contributed by atoms with Gasteiger partial charge in [0.2, 0.25) is 11.8 Å². The molecule has 2 aromatic rings. The van der Waals surface area contributed by atoms with Gasteiger partial charge in [-0.05, 0) is 17.0 Å². The van der Waals surface area contributed by atoms with E-state index in [2.05, 4.69) is 6.07 Å². The fourth-order valence-electron chi connectivity index (χ4n) is 5.26. The predicted octanol–water partition coefficient (Wildman–Crippen LogP) is 3.84. The molecule has 1 aliphatic carbocycles. The van der Waals surface area contributed by atoms with Gasteiger partial charge in [-0.25, -0.2) is 0 Å². The maximum absolute atomic E-state index is 14.3. The number of anilines is 1. The van der Waals surface area contributed by atoms with Crippen molar-refractivity contribution in [2.24, 2.45) is 11.1 Å². The van der Waals surface area contributed by atoms with Crippen molar-refractivity contribution < 1.29 is 14.3 Å². The summed E-state index contributed by atoms with van der Waals surface area (Å²) < 4.78 is 5.83. The molecule has 0 saturated carbocycles. The summed E-state index contributed by atoms with van der Waals surface area (Å²) in [7, 11) is 0. The van der Waals surface area contributed by atoms with E-state index in [1.165, 1.54) is 0 Å². The molecule has 1 atom stereocenters. The molecule has 0 fully saturated rings. The summed E-state index contributed by atoms with van der Waals surface area (Å²) in [4.78, 5) is 29.4. The Labute approximate surface area is 186 Å². The molecule has 0 aromatic heterocycles. The molecule has 0 radical (unpaired) electrons. The maximum atomic E-state index is 14.3. The molecule has 160 valence electrons. The van der Waals surface area contributed by atoms with Crippen LogP contribution in [0.3, 0.4) is 0 Å². The molecule has 1 spiro atoms. The molecular formula is C26H23N3O3. The minimum Gasteiger partial charge on any atom is -0.444 e. The van der Waals surface area contributed by atoms with Crippen molar-refractivity contribution in [3.05, 3.63) is 88.5 Å². The van der Waals surface area contributed by atoms with Crippen LogP contribution in [0.1, 0.15) is 37.8 Å². The molecule has 0 unspecified atom stereocenters. The van der Waals surface area contributed by atoms with Gasteiger partial charge in [0, 0.05) is 24.1 Å². The molecule has 0 saturated heterocycles. The van der Waals surface area contributed by atoms with Crippen LogP contribution in [0.15, 0.2) is 77.4 Å². The fourth-order valence-corrected chi connectivity index (χ4v) is 5.26. The number of ether oxygens (including phenoxy) is 1. The van der Waals surface area contributed by atoms with E-state index >= 15 is 0 Å². The number of fused-ring (bicyclic) bond motifs is 3. The first-order chi connectivity index (χ1) is 15.3. The number of benzene rings is 2. The first-order valence-electron chi connectivity index (χ1n) is 10.6. The van der Waals surface area contributed by atoms with Crippen LogP contribution in [0.2, 0.25) is 0 Å². The Morgan fingerprint density at radius 3 is 2.47 bits per heavy atom. The van der Waals surface area contributed by atoms with Gasteiger partial charge in [0.15, 0.2) is 5.78 Å². The summed E-state index contributed by atoms with van der Waals surface area (Å²) in [5, 5.41) is 10.1. The van der Waals surface area contributed by atoms with Gasteiger partial charge in [-0.15, -0.1) is 0 Å². The van der Waals surface area contributed by atoms with Gasteiger partial charge < -0.3 is 15.4 Å². The number of hydrogen-bond donors (Lipinski definition) is 1. The largest absolute Gasteiger partial charge is 0.444 e. The molecule has 32 heavy (non-hydrogen) atoms. The third-order valence-electron chi connectivity index (χ3n) is 6.53. The van der Waals surface area contributed by atoms with Crippen LogP contribution < -0.4 is 10.6 Å². The topological polar surface area (TPSA) is 96.4 Å². The van der Waals surface area contributed by atoms with Crippen LogP contribution in [0.4, 0.5) is 5.69 Å². The lowest BCUT2D eigenvalue weighted by Gasteiger charge is -2.41. The number of hydrogen-bond acceptors (Lipinski definition) is 5. The van der Waals surface area contributed by atoms with Crippen molar-refractivity contribution in [3.63, 3.8) is 0 Å². The van der Waals surface area contributed by atoms with Gasteiger partial charge in [0.05, 0.1) is 12.1 Å². The monoisotopic (exact) mass is 425 g/mol. The van der Waals surface area contributed by atoms with Crippen LogP contribution in [-0.2, 0) is 26.3 Å². The smallest absolute Gasteiger partial charge is 0.248 e. The van der Waals surface area contributed by atoms with E-state index in [9.17, 15) is 14.9 Å². The third-order valence-corrected chi connectivity index (χ3v) is 6.53. The first-order valence-corrected chi connectivity index (χ1v) is 10.6. The highest BCUT2D eigenvalue weighted by Crippen LogP contribution is 2.57. The molecule has 3 aliphatic rings. The Hall–Kier alpha value is -3.85. The second-order valence-corrected chi connectivity index (χ2v) is 9.34. The highest BCUT2D eigenvalue weighted by molar-refractivity contribution is 6.20. The molecule has 2 aliphatic heterocycles. The number of Topliss-reactive ketones (excluding diaryl/α,β-unsaturated/α-hetero) is 1. The summed E-state index contributed by atoms with van der Waals surface area (Å²) >= 11 is 0. The number of rotatable bonds is 2. The van der Waals surface area contributed by atoms with Gasteiger partial charge in [0.1, 0.15) is 22.8 Å². The number of nitriles is 1. The summed E-state index contributed by atoms with van der Waals surface area (Å²) in [6, 6.07) is 19.1. The average Bonchev–Trinajstić information content (AvgIpc) is 2.97. The number of nitrogens with zero attached hydrogens (tertiary/aromatic N) is 2. The maximum Gasteiger partial charge on any atom is 0.248 e. The zero-order valence-electron chi connectivity index (χ0n) is 18.0. The first kappa shape index (κ1) is 20.1. The van der Waals surface area contributed by atoms with E-state index < -0.39 is 5.41 Å². The zero-order valence-corrected chi connectivity index (χ0v) is 18.0. The SMILES string of the molecule is CC1(C)CC(=O)C2=C(C1)OC(N)=C(C#N)[C@]21C(=O)N(Cc2ccccc2)c2ccccc21. The standard InChI is InChI=1S/C26H23N3O3/c1-25(2)12-20(30)22-21(13-25)32-23(28)18(14-27)26(22)17-10-6-7-11-19(17)29(24(26)31)15-16-8-4-3-5-9-16/h3-11H,12-13,15,28H2,1-2H3/t26-/m0/s1. The van der Waals surface area contributed by atoms with Crippen LogP contribution in [0.5, 0.6) is 0 Å². The molecule has 5 rings (SSSR count). The van der Waals surface area contributed by atoms with Crippen molar-refractivity contribution in [1.82, 2.24) is 0 Å². The van der Waals surface area contributed by atoms with E-state index in [4.69, 9.17) is 10.5 Å². The predicted molar refractivity (Wildman–Crippen MR) is 119 cm³/mol. The summed E-state index contributed by atoms with van der Waals surface area (Å²) in [6.07, 6.45) is 0.729. The Morgan fingerprint density at radius 2 is 1.75 bits per heavy atom. The molecule has 1 amide bonds. The van der Waals surface area contributed by atoms with Gasteiger partial charge in [-0.1, -0.05) is 62.4 Å². The van der Waals surface area contributed by atoms with Crippen molar-refractivity contribution in [2.75, 3.05) is 4.90 Å². The molecule has 0 bridgehead atoms. The number of amides is 1. The van der Waals surface area contributed by atoms with Crippen molar-refractivity contribution in [2.45, 2.75) is 38.6 Å². The molecular weight excluding hydrogens is 402 g/mol. The lowest BCUT2D eigenvalue weighted by Crippen LogP contribution is -2.50. The second kappa shape index (κ2) is 6.83. The minimum absolute atomic E-state index is 0.0164. The highest BCUT2D eigenvalue weighted by Gasteiger charge is 2.62. The van der Waals surface area contributed by atoms with Gasteiger partial charge in [-0.3, -0.25) is 9.59 Å². The summed E-state index contributed by atoms with van der Waals surface area (Å²) in [6.45, 7) is 4.29. The van der Waals surface area contributed by atoms with E-state index in [0.717, 1.165) is 5.56 Å². The Bertz CT molecular complexity index is 1270. The number of carbonyl (C=O) groups excluding carboxylic acids is 2. The van der Waals surface area contributed by atoms with Gasteiger partial charge >= 0.3 is 0 Å². The molecule has 2 N–H and O–H groups in total. The number of para-hydroxylation sites is 1. The second-order valence-electron chi connectivity index (χ2n) is 9.34.